The molecule has 0 aliphatic carbocycles. The van der Waals surface area contributed by atoms with Gasteiger partial charge in [-0.3, -0.25) is 0 Å². The molecule has 0 amide bonds. The molecule has 26 heavy (non-hydrogen) atoms. The predicted octanol–water partition coefficient (Wildman–Crippen LogP) is 3.57. The van der Waals surface area contributed by atoms with E-state index in [2.05, 4.69) is 39.8 Å². The number of benzene rings is 2. The van der Waals surface area contributed by atoms with Gasteiger partial charge in [-0.1, -0.05) is 48.2 Å². The maximum atomic E-state index is 13.0. The molecule has 3 aromatic rings. The van der Waals surface area contributed by atoms with Crippen molar-refractivity contribution in [2.24, 2.45) is 5.10 Å². The van der Waals surface area contributed by atoms with Crippen LogP contribution in [0.15, 0.2) is 58.8 Å². The van der Waals surface area contributed by atoms with Gasteiger partial charge in [0.05, 0.1) is 5.71 Å². The Morgan fingerprint density at radius 2 is 1.92 bits per heavy atom. The third-order valence-corrected chi connectivity index (χ3v) is 4.86. The van der Waals surface area contributed by atoms with Crippen LogP contribution in [-0.2, 0) is 5.75 Å². The molecular formula is C18H19FN6S. The number of aryl methyl sites for hydroxylation is 1. The molecule has 0 aliphatic rings. The zero-order valence-corrected chi connectivity index (χ0v) is 15.3. The maximum absolute atomic E-state index is 13.0. The first-order chi connectivity index (χ1) is 12.5. The first-order valence-electron chi connectivity index (χ1n) is 7.98. The second kappa shape index (κ2) is 8.01. The summed E-state index contributed by atoms with van der Waals surface area (Å²) >= 11 is 1.50. The number of halogens is 1. The molecule has 1 heterocycles. The van der Waals surface area contributed by atoms with E-state index in [0.717, 1.165) is 11.3 Å². The molecule has 0 atom stereocenters. The molecule has 6 nitrogen and oxygen atoms in total. The van der Waals surface area contributed by atoms with E-state index in [1.165, 1.54) is 39.7 Å². The number of nitrogens with zero attached hydrogens (tertiary/aromatic N) is 4. The first kappa shape index (κ1) is 17.9. The molecule has 3 N–H and O–H groups in total. The molecule has 3 rings (SSSR count). The zero-order chi connectivity index (χ0) is 18.5. The molecule has 2 aromatic carbocycles. The summed E-state index contributed by atoms with van der Waals surface area (Å²) in [6.07, 6.45) is 0. The van der Waals surface area contributed by atoms with Crippen LogP contribution in [0, 0.1) is 12.7 Å². The van der Waals surface area contributed by atoms with Crippen molar-refractivity contribution in [2.75, 3.05) is 11.3 Å². The van der Waals surface area contributed by atoms with Crippen LogP contribution in [0.3, 0.4) is 0 Å². The number of nitrogens with one attached hydrogen (secondary N) is 1. The highest BCUT2D eigenvalue weighted by Crippen LogP contribution is 2.23. The standard InChI is InChI=1S/C18H19FN6S/c1-12-5-3-4-6-15(12)11-26-18-24-23-17(25(18)20)22-21-13(2)14-7-9-16(19)10-8-14/h3-10H,11,20H2,1-2H3,(H,22,23)/b21-13+. The Balaban J connectivity index is 1.66. The van der Waals surface area contributed by atoms with E-state index >= 15 is 0 Å². The Kier molecular flexibility index (Phi) is 5.52. The third kappa shape index (κ3) is 4.20. The van der Waals surface area contributed by atoms with E-state index in [0.29, 0.717) is 16.8 Å². The molecule has 0 bridgehead atoms. The van der Waals surface area contributed by atoms with Crippen molar-refractivity contribution >= 4 is 23.4 Å². The van der Waals surface area contributed by atoms with Gasteiger partial charge in [0.1, 0.15) is 5.82 Å². The predicted molar refractivity (Wildman–Crippen MR) is 103 cm³/mol. The van der Waals surface area contributed by atoms with Crippen LogP contribution in [-0.4, -0.2) is 20.6 Å². The number of hydrogen-bond donors (Lipinski definition) is 2. The smallest absolute Gasteiger partial charge is 0.264 e. The van der Waals surface area contributed by atoms with Crippen LogP contribution < -0.4 is 11.3 Å². The summed E-state index contributed by atoms with van der Waals surface area (Å²) in [6.45, 7) is 3.88. The fourth-order valence-corrected chi connectivity index (χ4v) is 3.19. The zero-order valence-electron chi connectivity index (χ0n) is 14.5. The normalized spacial score (nSPS) is 11.6. The van der Waals surface area contributed by atoms with Crippen LogP contribution in [0.25, 0.3) is 0 Å². The van der Waals surface area contributed by atoms with Gasteiger partial charge in [0.25, 0.3) is 5.95 Å². The van der Waals surface area contributed by atoms with Crippen molar-refractivity contribution in [2.45, 2.75) is 24.8 Å². The van der Waals surface area contributed by atoms with Crippen LogP contribution in [0.1, 0.15) is 23.6 Å². The Labute approximate surface area is 155 Å². The van der Waals surface area contributed by atoms with E-state index in [4.69, 9.17) is 5.84 Å². The summed E-state index contributed by atoms with van der Waals surface area (Å²) in [5.74, 6) is 6.84. The number of nitrogen functional groups attached to an aromatic ring is 1. The summed E-state index contributed by atoms with van der Waals surface area (Å²) in [5, 5.41) is 12.9. The summed E-state index contributed by atoms with van der Waals surface area (Å²) in [5.41, 5.74) is 6.73. The van der Waals surface area contributed by atoms with Gasteiger partial charge in [-0.2, -0.15) is 5.10 Å². The first-order valence-corrected chi connectivity index (χ1v) is 8.97. The van der Waals surface area contributed by atoms with Gasteiger partial charge in [-0.15, -0.1) is 10.2 Å². The van der Waals surface area contributed by atoms with Gasteiger partial charge in [0, 0.05) is 5.75 Å². The lowest BCUT2D eigenvalue weighted by atomic mass is 10.1. The Bertz CT molecular complexity index is 920. The molecule has 0 fully saturated rings. The monoisotopic (exact) mass is 370 g/mol. The highest BCUT2D eigenvalue weighted by molar-refractivity contribution is 7.98. The SMILES string of the molecule is C/C(=N\Nc1nnc(SCc2ccccc2C)n1N)c1ccc(F)cc1. The molecule has 0 radical (unpaired) electrons. The second-order valence-electron chi connectivity index (χ2n) is 5.71. The highest BCUT2D eigenvalue weighted by Gasteiger charge is 2.10. The molecular weight excluding hydrogens is 351 g/mol. The topological polar surface area (TPSA) is 81.1 Å². The lowest BCUT2D eigenvalue weighted by Gasteiger charge is -2.06. The highest BCUT2D eigenvalue weighted by atomic mass is 32.2. The summed E-state index contributed by atoms with van der Waals surface area (Å²) < 4.78 is 14.3. The number of rotatable bonds is 6. The van der Waals surface area contributed by atoms with Crippen LogP contribution in [0.5, 0.6) is 0 Å². The average molecular weight is 370 g/mol. The van der Waals surface area contributed by atoms with E-state index in [1.807, 2.05) is 19.1 Å². The van der Waals surface area contributed by atoms with Gasteiger partial charge < -0.3 is 5.84 Å². The van der Waals surface area contributed by atoms with Crippen molar-refractivity contribution in [1.82, 2.24) is 14.9 Å². The molecule has 0 spiro atoms. The van der Waals surface area contributed by atoms with E-state index < -0.39 is 0 Å². The number of hydrogen-bond acceptors (Lipinski definition) is 6. The minimum atomic E-state index is -0.286. The summed E-state index contributed by atoms with van der Waals surface area (Å²) in [7, 11) is 0. The van der Waals surface area contributed by atoms with Crippen molar-refractivity contribution in [3.05, 3.63) is 71.0 Å². The molecule has 0 unspecified atom stereocenters. The molecule has 8 heteroatoms. The largest absolute Gasteiger partial charge is 0.334 e. The average Bonchev–Trinajstić information content (AvgIpc) is 2.99. The van der Waals surface area contributed by atoms with E-state index in [9.17, 15) is 4.39 Å². The van der Waals surface area contributed by atoms with E-state index in [-0.39, 0.29) is 5.82 Å². The molecule has 0 aliphatic heterocycles. The van der Waals surface area contributed by atoms with Gasteiger partial charge >= 0.3 is 0 Å². The third-order valence-electron chi connectivity index (χ3n) is 3.87. The fourth-order valence-electron chi connectivity index (χ4n) is 2.26. The minimum absolute atomic E-state index is 0.286. The van der Waals surface area contributed by atoms with E-state index in [1.54, 1.807) is 12.1 Å². The molecule has 134 valence electrons. The lowest BCUT2D eigenvalue weighted by Crippen LogP contribution is -2.14. The quantitative estimate of drug-likeness (QED) is 0.300. The fraction of sp³-hybridized carbons (Fsp3) is 0.167. The number of nitrogens with two attached hydrogens (primary N) is 1. The van der Waals surface area contributed by atoms with Crippen molar-refractivity contribution in [3.63, 3.8) is 0 Å². The van der Waals surface area contributed by atoms with Gasteiger partial charge in [-0.25, -0.2) is 14.5 Å². The van der Waals surface area contributed by atoms with Crippen molar-refractivity contribution < 1.29 is 4.39 Å². The molecule has 1 aromatic heterocycles. The number of thioether (sulfide) groups is 1. The van der Waals surface area contributed by atoms with Gasteiger partial charge in [-0.05, 0) is 42.7 Å². The van der Waals surface area contributed by atoms with Crippen LogP contribution in [0.4, 0.5) is 10.3 Å². The lowest BCUT2D eigenvalue weighted by molar-refractivity contribution is 0.628. The van der Waals surface area contributed by atoms with Crippen LogP contribution >= 0.6 is 11.8 Å². The Hall–Kier alpha value is -2.87. The summed E-state index contributed by atoms with van der Waals surface area (Å²) in [4.78, 5) is 0. The number of hydrazone groups is 1. The Morgan fingerprint density at radius 3 is 2.65 bits per heavy atom. The van der Waals surface area contributed by atoms with Crippen molar-refractivity contribution in [3.8, 4) is 0 Å². The van der Waals surface area contributed by atoms with Gasteiger partial charge in [0.15, 0.2) is 0 Å². The minimum Gasteiger partial charge on any atom is -0.334 e. The van der Waals surface area contributed by atoms with Gasteiger partial charge in [0.2, 0.25) is 5.16 Å². The number of anilines is 1. The van der Waals surface area contributed by atoms with Crippen molar-refractivity contribution in [1.29, 1.82) is 0 Å². The maximum Gasteiger partial charge on any atom is 0.264 e. The summed E-state index contributed by atoms with van der Waals surface area (Å²) in [6, 6.07) is 14.3. The van der Waals surface area contributed by atoms with Crippen LogP contribution in [0.2, 0.25) is 0 Å². The second-order valence-corrected chi connectivity index (χ2v) is 6.65. The number of aromatic nitrogens is 3. The Morgan fingerprint density at radius 1 is 1.19 bits per heavy atom. The molecule has 0 saturated heterocycles. The molecule has 0 saturated carbocycles.